The lowest BCUT2D eigenvalue weighted by molar-refractivity contribution is -0.117. The van der Waals surface area contributed by atoms with E-state index in [1.165, 1.54) is 9.96 Å². The number of nitrogens with zero attached hydrogens (tertiary/aromatic N) is 1. The molecule has 5 heteroatoms. The number of hydrogen-bond donors (Lipinski definition) is 1. The van der Waals surface area contributed by atoms with Crippen LogP contribution in [-0.4, -0.2) is 36.2 Å². The minimum absolute atomic E-state index is 0.516. The van der Waals surface area contributed by atoms with Crippen molar-refractivity contribution in [3.8, 4) is 0 Å². The molecule has 0 bridgehead atoms. The predicted octanol–water partition coefficient (Wildman–Crippen LogP) is 3.77. The molecule has 3 rings (SSSR count). The van der Waals surface area contributed by atoms with Crippen LogP contribution in [-0.2, 0) is 11.3 Å². The van der Waals surface area contributed by atoms with Gasteiger partial charge in [-0.25, -0.2) is 0 Å². The van der Waals surface area contributed by atoms with Gasteiger partial charge in [0.25, 0.3) is 0 Å². The summed E-state index contributed by atoms with van der Waals surface area (Å²) >= 11 is 1.73. The second kappa shape index (κ2) is 6.83. The first-order chi connectivity index (χ1) is 10.2. The van der Waals surface area contributed by atoms with Gasteiger partial charge in [0, 0.05) is 23.4 Å². The summed E-state index contributed by atoms with van der Waals surface area (Å²) in [5.74, 6) is 1.42. The monoisotopic (exact) mass is 307 g/mol. The fourth-order valence-corrected chi connectivity index (χ4v) is 3.14. The number of hydrogen-bond acceptors (Lipinski definition) is 5. The van der Waals surface area contributed by atoms with Crippen LogP contribution in [0.15, 0.2) is 33.6 Å². The van der Waals surface area contributed by atoms with Gasteiger partial charge in [-0.15, -0.1) is 11.8 Å². The molecule has 0 amide bonds. The Balaban J connectivity index is 1.53. The average Bonchev–Trinajstić information content (AvgIpc) is 2.91. The molecule has 1 aromatic heterocycles. The SMILES string of the molecule is CSc1ccc2oc(COCC3CCN(O)CC3)cc2c1. The highest BCUT2D eigenvalue weighted by molar-refractivity contribution is 7.98. The summed E-state index contributed by atoms with van der Waals surface area (Å²) in [6.07, 6.45) is 4.06. The maximum atomic E-state index is 9.33. The van der Waals surface area contributed by atoms with E-state index in [1.54, 1.807) is 11.8 Å². The normalized spacial score (nSPS) is 17.6. The molecule has 0 atom stereocenters. The van der Waals surface area contributed by atoms with Gasteiger partial charge in [-0.1, -0.05) is 0 Å². The van der Waals surface area contributed by atoms with Gasteiger partial charge < -0.3 is 14.4 Å². The van der Waals surface area contributed by atoms with Gasteiger partial charge in [0.05, 0.1) is 6.61 Å². The van der Waals surface area contributed by atoms with Gasteiger partial charge in [-0.2, -0.15) is 5.06 Å². The van der Waals surface area contributed by atoms with Gasteiger partial charge in [0.15, 0.2) is 0 Å². The van der Waals surface area contributed by atoms with Gasteiger partial charge in [-0.05, 0) is 49.3 Å². The number of benzene rings is 1. The highest BCUT2D eigenvalue weighted by atomic mass is 32.2. The number of rotatable bonds is 5. The Labute approximate surface area is 129 Å². The Morgan fingerprint density at radius 3 is 2.90 bits per heavy atom. The van der Waals surface area contributed by atoms with Crippen LogP contribution >= 0.6 is 11.8 Å². The van der Waals surface area contributed by atoms with Crippen molar-refractivity contribution in [2.24, 2.45) is 5.92 Å². The van der Waals surface area contributed by atoms with Crippen molar-refractivity contribution in [2.75, 3.05) is 26.0 Å². The van der Waals surface area contributed by atoms with Crippen molar-refractivity contribution < 1.29 is 14.4 Å². The van der Waals surface area contributed by atoms with Crippen molar-refractivity contribution in [1.29, 1.82) is 0 Å². The standard InChI is InChI=1S/C16H21NO3S/c1-21-15-2-3-16-13(9-15)8-14(20-16)11-19-10-12-4-6-17(18)7-5-12/h2-3,8-9,12,18H,4-7,10-11H2,1H3. The third-order valence-electron chi connectivity index (χ3n) is 3.96. The lowest BCUT2D eigenvalue weighted by Gasteiger charge is -2.26. The summed E-state index contributed by atoms with van der Waals surface area (Å²) in [5, 5.41) is 11.9. The van der Waals surface area contributed by atoms with E-state index in [0.29, 0.717) is 12.5 Å². The molecule has 1 aliphatic heterocycles. The predicted molar refractivity (Wildman–Crippen MR) is 83.7 cm³/mol. The Kier molecular flexibility index (Phi) is 4.85. The summed E-state index contributed by atoms with van der Waals surface area (Å²) in [6.45, 7) is 2.75. The van der Waals surface area contributed by atoms with Crippen LogP contribution in [0.1, 0.15) is 18.6 Å². The van der Waals surface area contributed by atoms with Crippen LogP contribution < -0.4 is 0 Å². The van der Waals surface area contributed by atoms with Crippen LogP contribution in [0.2, 0.25) is 0 Å². The molecule has 1 aromatic carbocycles. The maximum Gasteiger partial charge on any atom is 0.134 e. The third kappa shape index (κ3) is 3.80. The van der Waals surface area contributed by atoms with E-state index >= 15 is 0 Å². The fraction of sp³-hybridized carbons (Fsp3) is 0.500. The molecule has 1 aliphatic rings. The molecule has 1 fully saturated rings. The van der Waals surface area contributed by atoms with Crippen molar-refractivity contribution in [3.63, 3.8) is 0 Å². The largest absolute Gasteiger partial charge is 0.459 e. The van der Waals surface area contributed by atoms with Crippen LogP contribution in [0.5, 0.6) is 0 Å². The molecule has 1 N–H and O–H groups in total. The number of hydroxylamine groups is 2. The molecule has 0 aliphatic carbocycles. The molecule has 0 radical (unpaired) electrons. The van der Waals surface area contributed by atoms with E-state index in [-0.39, 0.29) is 0 Å². The van der Waals surface area contributed by atoms with Gasteiger partial charge in [-0.3, -0.25) is 0 Å². The van der Waals surface area contributed by atoms with E-state index in [1.807, 2.05) is 6.07 Å². The van der Waals surface area contributed by atoms with E-state index in [2.05, 4.69) is 24.5 Å². The molecule has 2 aromatic rings. The summed E-state index contributed by atoms with van der Waals surface area (Å²) in [5.41, 5.74) is 0.917. The molecular weight excluding hydrogens is 286 g/mol. The van der Waals surface area contributed by atoms with Crippen molar-refractivity contribution in [1.82, 2.24) is 5.06 Å². The number of furan rings is 1. The maximum absolute atomic E-state index is 9.33. The zero-order chi connectivity index (χ0) is 14.7. The smallest absolute Gasteiger partial charge is 0.134 e. The highest BCUT2D eigenvalue weighted by Gasteiger charge is 2.18. The van der Waals surface area contributed by atoms with E-state index in [9.17, 15) is 5.21 Å². The molecule has 1 saturated heterocycles. The molecule has 0 spiro atoms. The first kappa shape index (κ1) is 14.9. The quantitative estimate of drug-likeness (QED) is 0.852. The third-order valence-corrected chi connectivity index (χ3v) is 4.69. The van der Waals surface area contributed by atoms with Gasteiger partial charge >= 0.3 is 0 Å². The second-order valence-corrected chi connectivity index (χ2v) is 6.41. The minimum Gasteiger partial charge on any atom is -0.459 e. The number of piperidine rings is 1. The molecule has 114 valence electrons. The lowest BCUT2D eigenvalue weighted by atomic mass is 9.99. The second-order valence-electron chi connectivity index (χ2n) is 5.53. The number of fused-ring (bicyclic) bond motifs is 1. The lowest BCUT2D eigenvalue weighted by Crippen LogP contribution is -2.32. The fourth-order valence-electron chi connectivity index (χ4n) is 2.69. The average molecular weight is 307 g/mol. The van der Waals surface area contributed by atoms with Crippen LogP contribution in [0.3, 0.4) is 0 Å². The van der Waals surface area contributed by atoms with Crippen molar-refractivity contribution >= 4 is 22.7 Å². The van der Waals surface area contributed by atoms with Crippen LogP contribution in [0.25, 0.3) is 11.0 Å². The Hall–Kier alpha value is -1.01. The first-order valence-electron chi connectivity index (χ1n) is 7.32. The molecule has 21 heavy (non-hydrogen) atoms. The zero-order valence-electron chi connectivity index (χ0n) is 12.2. The molecule has 4 nitrogen and oxygen atoms in total. The Bertz CT molecular complexity index is 590. The highest BCUT2D eigenvalue weighted by Crippen LogP contribution is 2.25. The molecule has 0 saturated carbocycles. The minimum atomic E-state index is 0.516. The van der Waals surface area contributed by atoms with Crippen molar-refractivity contribution in [2.45, 2.75) is 24.3 Å². The number of ether oxygens (including phenoxy) is 1. The summed E-state index contributed by atoms with van der Waals surface area (Å²) < 4.78 is 11.6. The molecular formula is C16H21NO3S. The first-order valence-corrected chi connectivity index (χ1v) is 8.55. The Morgan fingerprint density at radius 2 is 2.14 bits per heavy atom. The number of thioether (sulfide) groups is 1. The van der Waals surface area contributed by atoms with E-state index < -0.39 is 0 Å². The Morgan fingerprint density at radius 1 is 1.33 bits per heavy atom. The zero-order valence-corrected chi connectivity index (χ0v) is 13.1. The summed E-state index contributed by atoms with van der Waals surface area (Å²) in [6, 6.07) is 8.29. The van der Waals surface area contributed by atoms with Crippen molar-refractivity contribution in [3.05, 3.63) is 30.0 Å². The molecule has 2 heterocycles. The van der Waals surface area contributed by atoms with Crippen LogP contribution in [0.4, 0.5) is 0 Å². The van der Waals surface area contributed by atoms with Gasteiger partial charge in [0.1, 0.15) is 18.0 Å². The topological polar surface area (TPSA) is 45.8 Å². The summed E-state index contributed by atoms with van der Waals surface area (Å²) in [4.78, 5) is 1.24. The van der Waals surface area contributed by atoms with Gasteiger partial charge in [0.2, 0.25) is 0 Å². The van der Waals surface area contributed by atoms with Crippen LogP contribution in [0, 0.1) is 5.92 Å². The summed E-state index contributed by atoms with van der Waals surface area (Å²) in [7, 11) is 0. The molecule has 0 unspecified atom stereocenters. The van der Waals surface area contributed by atoms with E-state index in [0.717, 1.165) is 49.3 Å². The van der Waals surface area contributed by atoms with E-state index in [4.69, 9.17) is 9.15 Å².